The maximum absolute atomic E-state index is 11.9. The van der Waals surface area contributed by atoms with Gasteiger partial charge in [0.05, 0.1) is 36.0 Å². The Morgan fingerprint density at radius 2 is 2.09 bits per heavy atom. The summed E-state index contributed by atoms with van der Waals surface area (Å²) >= 11 is 0. The molecule has 3 aliphatic heterocycles. The molecule has 1 atom stereocenters. The summed E-state index contributed by atoms with van der Waals surface area (Å²) in [7, 11) is 2.03. The van der Waals surface area contributed by atoms with Gasteiger partial charge in [-0.1, -0.05) is 6.07 Å². The van der Waals surface area contributed by atoms with Crippen LogP contribution in [0.3, 0.4) is 0 Å². The first-order valence-electron chi connectivity index (χ1n) is 11.2. The van der Waals surface area contributed by atoms with E-state index in [1.165, 1.54) is 0 Å². The molecule has 0 spiro atoms. The van der Waals surface area contributed by atoms with Gasteiger partial charge >= 0.3 is 5.97 Å². The fourth-order valence-electron chi connectivity index (χ4n) is 4.89. The van der Waals surface area contributed by atoms with Gasteiger partial charge in [0.1, 0.15) is 12.4 Å². The predicted molar refractivity (Wildman–Crippen MR) is 122 cm³/mol. The van der Waals surface area contributed by atoms with Crippen LogP contribution in [0.1, 0.15) is 38.8 Å². The van der Waals surface area contributed by atoms with E-state index in [2.05, 4.69) is 44.6 Å². The third kappa shape index (κ3) is 3.55. The van der Waals surface area contributed by atoms with Crippen LogP contribution in [0.2, 0.25) is 0 Å². The average molecular weight is 447 g/mol. The van der Waals surface area contributed by atoms with E-state index in [4.69, 9.17) is 14.2 Å². The lowest BCUT2D eigenvalue weighted by atomic mass is 9.94. The van der Waals surface area contributed by atoms with Gasteiger partial charge < -0.3 is 23.7 Å². The molecule has 0 bridgehead atoms. The number of ether oxygens (including phenoxy) is 3. The molecule has 0 unspecified atom stereocenters. The number of carbonyl (C=O) groups excluding carboxylic acids is 1. The lowest BCUT2D eigenvalue weighted by Crippen LogP contribution is -2.38. The fourth-order valence-corrected chi connectivity index (χ4v) is 4.89. The number of hydrogen-bond donors (Lipinski definition) is 0. The van der Waals surface area contributed by atoms with Crippen molar-refractivity contribution in [1.29, 1.82) is 0 Å². The van der Waals surface area contributed by atoms with E-state index in [9.17, 15) is 4.79 Å². The van der Waals surface area contributed by atoms with Crippen molar-refractivity contribution in [2.24, 2.45) is 0 Å². The highest BCUT2D eigenvalue weighted by Crippen LogP contribution is 2.35. The van der Waals surface area contributed by atoms with Crippen molar-refractivity contribution in [2.75, 3.05) is 38.4 Å². The van der Waals surface area contributed by atoms with Crippen molar-refractivity contribution in [3.05, 3.63) is 70.8 Å². The van der Waals surface area contributed by atoms with E-state index in [0.717, 1.165) is 59.1 Å². The minimum absolute atomic E-state index is 0.0333. The van der Waals surface area contributed by atoms with Crippen LogP contribution in [0.4, 0.5) is 5.69 Å². The molecule has 3 aromatic rings. The summed E-state index contributed by atoms with van der Waals surface area (Å²) in [6, 6.07) is 10.1. The van der Waals surface area contributed by atoms with Crippen LogP contribution in [0.5, 0.6) is 5.75 Å². The molecule has 3 aliphatic rings. The first-order chi connectivity index (χ1) is 16.1. The molecule has 8 nitrogen and oxygen atoms in total. The molecular weight excluding hydrogens is 420 g/mol. The number of carbonyl (C=O) groups is 1. The van der Waals surface area contributed by atoms with Crippen molar-refractivity contribution < 1.29 is 19.0 Å². The SMILES string of the molecule is Cc1c([C@@H]2CN(Cc3cn(-c4ccc5c(c4)N(C)CO5)cn3)CCO2)ccc2c1COC2=O. The van der Waals surface area contributed by atoms with E-state index >= 15 is 0 Å². The summed E-state index contributed by atoms with van der Waals surface area (Å²) in [6.45, 7) is 6.05. The number of rotatable bonds is 4. The molecular formula is C25H26N4O4. The second-order valence-electron chi connectivity index (χ2n) is 8.87. The lowest BCUT2D eigenvalue weighted by Gasteiger charge is -2.33. The molecule has 1 saturated heterocycles. The third-order valence-corrected chi connectivity index (χ3v) is 6.79. The fraction of sp³-hybridized carbons (Fsp3) is 0.360. The van der Waals surface area contributed by atoms with Crippen molar-refractivity contribution in [2.45, 2.75) is 26.2 Å². The van der Waals surface area contributed by atoms with E-state index in [-0.39, 0.29) is 12.1 Å². The van der Waals surface area contributed by atoms with Crippen LogP contribution in [0.25, 0.3) is 5.69 Å². The Labute approximate surface area is 192 Å². The van der Waals surface area contributed by atoms with Crippen LogP contribution >= 0.6 is 0 Å². The maximum atomic E-state index is 11.9. The van der Waals surface area contributed by atoms with Gasteiger partial charge in [0, 0.05) is 44.1 Å². The van der Waals surface area contributed by atoms with Gasteiger partial charge in [0.15, 0.2) is 6.73 Å². The number of cyclic esters (lactones) is 1. The Hall–Kier alpha value is -3.36. The molecule has 2 aromatic carbocycles. The van der Waals surface area contributed by atoms with E-state index in [0.29, 0.717) is 25.5 Å². The number of fused-ring (bicyclic) bond motifs is 2. The van der Waals surface area contributed by atoms with Crippen LogP contribution in [-0.4, -0.2) is 53.9 Å². The summed E-state index contributed by atoms with van der Waals surface area (Å²) in [6.07, 6.45) is 3.92. The molecule has 6 rings (SSSR count). The topological polar surface area (TPSA) is 69.1 Å². The molecule has 0 saturated carbocycles. The van der Waals surface area contributed by atoms with Gasteiger partial charge in [-0.15, -0.1) is 0 Å². The number of imidazole rings is 1. The van der Waals surface area contributed by atoms with Crippen LogP contribution in [0, 0.1) is 6.92 Å². The summed E-state index contributed by atoms with van der Waals surface area (Å²) in [5, 5.41) is 0. The summed E-state index contributed by atoms with van der Waals surface area (Å²) in [5.74, 6) is 0.683. The lowest BCUT2D eigenvalue weighted by molar-refractivity contribution is -0.0335. The van der Waals surface area contributed by atoms with Crippen molar-refractivity contribution in [1.82, 2.24) is 14.5 Å². The largest absolute Gasteiger partial charge is 0.471 e. The molecule has 1 aromatic heterocycles. The number of morpholine rings is 1. The zero-order chi connectivity index (χ0) is 22.5. The van der Waals surface area contributed by atoms with E-state index in [1.807, 2.05) is 31.6 Å². The summed E-state index contributed by atoms with van der Waals surface area (Å²) in [4.78, 5) is 21.0. The van der Waals surface area contributed by atoms with Gasteiger partial charge in [0.2, 0.25) is 0 Å². The van der Waals surface area contributed by atoms with Gasteiger partial charge in [0.25, 0.3) is 0 Å². The molecule has 4 heterocycles. The van der Waals surface area contributed by atoms with Gasteiger partial charge in [-0.05, 0) is 42.3 Å². The monoisotopic (exact) mass is 446 g/mol. The molecule has 33 heavy (non-hydrogen) atoms. The normalized spacial score (nSPS) is 19.9. The molecule has 0 radical (unpaired) electrons. The molecule has 0 amide bonds. The number of benzene rings is 2. The van der Waals surface area contributed by atoms with Crippen molar-refractivity contribution >= 4 is 11.7 Å². The van der Waals surface area contributed by atoms with Gasteiger partial charge in [-0.25, -0.2) is 9.78 Å². The molecule has 8 heteroatoms. The minimum atomic E-state index is -0.232. The Bertz CT molecular complexity index is 1240. The minimum Gasteiger partial charge on any atom is -0.471 e. The Balaban J connectivity index is 1.17. The van der Waals surface area contributed by atoms with Crippen LogP contribution in [0.15, 0.2) is 42.9 Å². The molecule has 170 valence electrons. The first-order valence-corrected chi connectivity index (χ1v) is 11.2. The highest BCUT2D eigenvalue weighted by Gasteiger charge is 2.29. The van der Waals surface area contributed by atoms with E-state index in [1.54, 1.807) is 0 Å². The van der Waals surface area contributed by atoms with Gasteiger partial charge in [-0.2, -0.15) is 0 Å². The Kier molecular flexibility index (Phi) is 4.85. The first kappa shape index (κ1) is 20.3. The van der Waals surface area contributed by atoms with Crippen LogP contribution in [-0.2, 0) is 22.6 Å². The highest BCUT2D eigenvalue weighted by molar-refractivity contribution is 5.94. The molecule has 1 fully saturated rings. The molecule has 0 N–H and O–H groups in total. The Morgan fingerprint density at radius 1 is 1.18 bits per heavy atom. The van der Waals surface area contributed by atoms with Gasteiger partial charge in [-0.3, -0.25) is 4.90 Å². The average Bonchev–Trinajstić information content (AvgIpc) is 3.54. The number of hydrogen-bond acceptors (Lipinski definition) is 7. The Morgan fingerprint density at radius 3 is 3.00 bits per heavy atom. The third-order valence-electron chi connectivity index (χ3n) is 6.79. The maximum Gasteiger partial charge on any atom is 0.338 e. The number of esters is 1. The molecule has 0 aliphatic carbocycles. The van der Waals surface area contributed by atoms with Crippen LogP contribution < -0.4 is 9.64 Å². The summed E-state index contributed by atoms with van der Waals surface area (Å²) in [5.41, 5.74) is 7.07. The van der Waals surface area contributed by atoms with E-state index < -0.39 is 0 Å². The van der Waals surface area contributed by atoms with Crippen molar-refractivity contribution in [3.63, 3.8) is 0 Å². The van der Waals surface area contributed by atoms with Crippen molar-refractivity contribution in [3.8, 4) is 11.4 Å². The summed E-state index contributed by atoms with van der Waals surface area (Å²) < 4.78 is 19.0. The second-order valence-corrected chi connectivity index (χ2v) is 8.87. The smallest absolute Gasteiger partial charge is 0.338 e. The number of aromatic nitrogens is 2. The number of nitrogens with zero attached hydrogens (tertiary/aromatic N) is 4. The zero-order valence-electron chi connectivity index (χ0n) is 18.8. The second kappa shape index (κ2) is 7.90. The highest BCUT2D eigenvalue weighted by atomic mass is 16.5. The zero-order valence-corrected chi connectivity index (χ0v) is 18.8. The number of anilines is 1. The predicted octanol–water partition coefficient (Wildman–Crippen LogP) is 3.21. The quantitative estimate of drug-likeness (QED) is 0.570. The standard InChI is InChI=1S/C25H26N4O4/c1-16-19(4-5-20-21(16)13-32-25(20)30)24-12-28(7-8-31-24)10-17-11-29(14-26-17)18-3-6-23-22(9-18)27(2)15-33-23/h3-6,9,11,14,24H,7-8,10,12-13,15H2,1-2H3/t24-/m0/s1.